The lowest BCUT2D eigenvalue weighted by molar-refractivity contribution is 0.107. The number of amides is 2. The summed E-state index contributed by atoms with van der Waals surface area (Å²) < 4.78 is 10.3. The highest BCUT2D eigenvalue weighted by Gasteiger charge is 2.13. The Morgan fingerprint density at radius 3 is 2.48 bits per heavy atom. The molecule has 6 nitrogen and oxygen atoms in total. The molecule has 0 bridgehead atoms. The van der Waals surface area contributed by atoms with Gasteiger partial charge in [-0.3, -0.25) is 5.32 Å². The second-order valence-corrected chi connectivity index (χ2v) is 6.24. The number of alkyl carbamates (subject to hydrolysis) is 1. The summed E-state index contributed by atoms with van der Waals surface area (Å²) in [6.07, 6.45) is -1.57. The van der Waals surface area contributed by atoms with Crippen molar-refractivity contribution in [3.63, 3.8) is 0 Å². The molecule has 0 aliphatic heterocycles. The summed E-state index contributed by atoms with van der Waals surface area (Å²) in [5.41, 5.74) is 0.680. The van der Waals surface area contributed by atoms with Crippen molar-refractivity contribution in [1.29, 1.82) is 0 Å². The van der Waals surface area contributed by atoms with Gasteiger partial charge in [-0.05, 0) is 24.3 Å². The van der Waals surface area contributed by atoms with E-state index in [9.17, 15) is 9.59 Å². The number of rotatable bonds is 6. The predicted octanol–water partition coefficient (Wildman–Crippen LogP) is 4.16. The van der Waals surface area contributed by atoms with Crippen LogP contribution in [0.1, 0.15) is 20.8 Å². The van der Waals surface area contributed by atoms with Gasteiger partial charge in [0.05, 0.1) is 18.8 Å². The molecule has 25 heavy (non-hydrogen) atoms. The summed E-state index contributed by atoms with van der Waals surface area (Å²) in [6.45, 7) is 6.14. The molecule has 6 heteroatoms. The topological polar surface area (TPSA) is 76.7 Å². The van der Waals surface area contributed by atoms with Crippen LogP contribution in [0.5, 0.6) is 0 Å². The molecule has 0 aliphatic rings. The van der Waals surface area contributed by atoms with E-state index in [1.807, 2.05) is 56.3 Å². The third-order valence-electron chi connectivity index (χ3n) is 3.42. The van der Waals surface area contributed by atoms with Crippen molar-refractivity contribution in [2.45, 2.75) is 26.9 Å². The van der Waals surface area contributed by atoms with E-state index in [1.165, 1.54) is 0 Å². The normalized spacial score (nSPS) is 11.8. The van der Waals surface area contributed by atoms with Gasteiger partial charge in [0, 0.05) is 5.39 Å². The van der Waals surface area contributed by atoms with E-state index in [4.69, 9.17) is 9.47 Å². The van der Waals surface area contributed by atoms with Gasteiger partial charge in [-0.15, -0.1) is 0 Å². The SMILES string of the molecule is CC(C)COC(=O)NCC(C)OC(=O)Nc1cccc2ccccc12. The minimum absolute atomic E-state index is 0.180. The molecule has 0 aliphatic carbocycles. The molecule has 2 N–H and O–H groups in total. The van der Waals surface area contributed by atoms with Gasteiger partial charge in [0.2, 0.25) is 0 Å². The van der Waals surface area contributed by atoms with E-state index in [1.54, 1.807) is 6.92 Å². The molecule has 0 fully saturated rings. The average Bonchev–Trinajstić information content (AvgIpc) is 2.58. The van der Waals surface area contributed by atoms with Crippen LogP contribution >= 0.6 is 0 Å². The molecule has 2 rings (SSSR count). The Morgan fingerprint density at radius 2 is 1.72 bits per heavy atom. The first-order valence-electron chi connectivity index (χ1n) is 8.31. The quantitative estimate of drug-likeness (QED) is 0.825. The Kier molecular flexibility index (Phi) is 6.62. The second-order valence-electron chi connectivity index (χ2n) is 6.24. The number of anilines is 1. The molecule has 0 heterocycles. The maximum Gasteiger partial charge on any atom is 0.411 e. The van der Waals surface area contributed by atoms with Gasteiger partial charge in [0.25, 0.3) is 0 Å². The van der Waals surface area contributed by atoms with E-state index >= 15 is 0 Å². The van der Waals surface area contributed by atoms with Gasteiger partial charge in [0.1, 0.15) is 6.10 Å². The molecule has 2 aromatic rings. The third-order valence-corrected chi connectivity index (χ3v) is 3.42. The number of ether oxygens (including phenoxy) is 2. The van der Waals surface area contributed by atoms with Crippen LogP contribution < -0.4 is 10.6 Å². The molecule has 2 aromatic carbocycles. The monoisotopic (exact) mass is 344 g/mol. The number of carbonyl (C=O) groups excluding carboxylic acids is 2. The van der Waals surface area contributed by atoms with Gasteiger partial charge in [-0.2, -0.15) is 0 Å². The minimum Gasteiger partial charge on any atom is -0.449 e. The molecule has 1 atom stereocenters. The Morgan fingerprint density at radius 1 is 1.00 bits per heavy atom. The van der Waals surface area contributed by atoms with Gasteiger partial charge in [-0.1, -0.05) is 50.2 Å². The van der Waals surface area contributed by atoms with Crippen LogP contribution in [0.25, 0.3) is 10.8 Å². The number of carbonyl (C=O) groups is 2. The highest BCUT2D eigenvalue weighted by Crippen LogP contribution is 2.23. The molecule has 0 radical (unpaired) electrons. The van der Waals surface area contributed by atoms with Crippen LogP contribution in [0.2, 0.25) is 0 Å². The zero-order valence-corrected chi connectivity index (χ0v) is 14.7. The number of fused-ring (bicyclic) bond motifs is 1. The molecule has 0 aromatic heterocycles. The molecule has 0 spiro atoms. The first-order valence-corrected chi connectivity index (χ1v) is 8.31. The second kappa shape index (κ2) is 8.92. The van der Waals surface area contributed by atoms with Crippen molar-refractivity contribution in [3.05, 3.63) is 42.5 Å². The summed E-state index contributed by atoms with van der Waals surface area (Å²) in [4.78, 5) is 23.5. The first-order chi connectivity index (χ1) is 12.0. The lowest BCUT2D eigenvalue weighted by atomic mass is 10.1. The van der Waals surface area contributed by atoms with Crippen LogP contribution in [-0.2, 0) is 9.47 Å². The smallest absolute Gasteiger partial charge is 0.411 e. The molecule has 134 valence electrons. The largest absolute Gasteiger partial charge is 0.449 e. The molecule has 0 saturated heterocycles. The van der Waals surface area contributed by atoms with Crippen molar-refractivity contribution < 1.29 is 19.1 Å². The number of hydrogen-bond acceptors (Lipinski definition) is 4. The highest BCUT2D eigenvalue weighted by molar-refractivity contribution is 6.00. The molecular weight excluding hydrogens is 320 g/mol. The fourth-order valence-electron chi connectivity index (χ4n) is 2.22. The van der Waals surface area contributed by atoms with E-state index in [0.29, 0.717) is 12.3 Å². The van der Waals surface area contributed by atoms with Gasteiger partial charge < -0.3 is 14.8 Å². The average molecular weight is 344 g/mol. The molecule has 0 saturated carbocycles. The van der Waals surface area contributed by atoms with Crippen molar-refractivity contribution in [1.82, 2.24) is 5.32 Å². The predicted molar refractivity (Wildman–Crippen MR) is 97.7 cm³/mol. The fourth-order valence-corrected chi connectivity index (χ4v) is 2.22. The van der Waals surface area contributed by atoms with Crippen molar-refractivity contribution in [3.8, 4) is 0 Å². The standard InChI is InChI=1S/C19H24N2O4/c1-13(2)12-24-18(22)20-11-14(3)25-19(23)21-17-10-6-8-15-7-4-5-9-16(15)17/h4-10,13-14H,11-12H2,1-3H3,(H,20,22)(H,21,23). The fraction of sp³-hybridized carbons (Fsp3) is 0.368. The van der Waals surface area contributed by atoms with Crippen LogP contribution in [-0.4, -0.2) is 31.4 Å². The summed E-state index contributed by atoms with van der Waals surface area (Å²) in [5.74, 6) is 0.269. The summed E-state index contributed by atoms with van der Waals surface area (Å²) >= 11 is 0. The van der Waals surface area contributed by atoms with Crippen molar-refractivity contribution in [2.75, 3.05) is 18.5 Å². The van der Waals surface area contributed by atoms with Crippen LogP contribution in [0.4, 0.5) is 15.3 Å². The van der Waals surface area contributed by atoms with Crippen LogP contribution in [0, 0.1) is 5.92 Å². The zero-order valence-electron chi connectivity index (χ0n) is 14.7. The van der Waals surface area contributed by atoms with Crippen LogP contribution in [0.15, 0.2) is 42.5 Å². The molecular formula is C19H24N2O4. The minimum atomic E-state index is -0.568. The molecule has 2 amide bonds. The number of nitrogens with one attached hydrogen (secondary N) is 2. The van der Waals surface area contributed by atoms with E-state index < -0.39 is 18.3 Å². The highest BCUT2D eigenvalue weighted by atomic mass is 16.6. The van der Waals surface area contributed by atoms with Crippen molar-refractivity contribution >= 4 is 28.6 Å². The summed E-state index contributed by atoms with van der Waals surface area (Å²) in [7, 11) is 0. The Balaban J connectivity index is 1.82. The summed E-state index contributed by atoms with van der Waals surface area (Å²) in [5, 5.41) is 7.27. The number of benzene rings is 2. The third kappa shape index (κ3) is 5.99. The van der Waals surface area contributed by atoms with Gasteiger partial charge in [0.15, 0.2) is 0 Å². The van der Waals surface area contributed by atoms with E-state index in [0.717, 1.165) is 10.8 Å². The first kappa shape index (κ1) is 18.6. The van der Waals surface area contributed by atoms with E-state index in [2.05, 4.69) is 10.6 Å². The summed E-state index contributed by atoms with van der Waals surface area (Å²) in [6, 6.07) is 13.4. The zero-order chi connectivity index (χ0) is 18.2. The number of hydrogen-bond donors (Lipinski definition) is 2. The van der Waals surface area contributed by atoms with E-state index in [-0.39, 0.29) is 12.5 Å². The lowest BCUT2D eigenvalue weighted by Crippen LogP contribution is -2.35. The molecule has 1 unspecified atom stereocenters. The van der Waals surface area contributed by atoms with Gasteiger partial charge >= 0.3 is 12.2 Å². The Hall–Kier alpha value is -2.76. The lowest BCUT2D eigenvalue weighted by Gasteiger charge is -2.16. The Bertz CT molecular complexity index is 725. The van der Waals surface area contributed by atoms with Gasteiger partial charge in [-0.25, -0.2) is 9.59 Å². The van der Waals surface area contributed by atoms with Crippen LogP contribution in [0.3, 0.4) is 0 Å². The maximum atomic E-state index is 12.0. The maximum absolute atomic E-state index is 12.0. The Labute approximate surface area is 147 Å². The van der Waals surface area contributed by atoms with Crippen molar-refractivity contribution in [2.24, 2.45) is 5.92 Å².